The number of aryl methyl sites for hydroxylation is 1. The minimum absolute atomic E-state index is 0.196. The van der Waals surface area contributed by atoms with E-state index in [4.69, 9.17) is 0 Å². The van der Waals surface area contributed by atoms with Crippen molar-refractivity contribution in [2.45, 2.75) is 19.8 Å². The van der Waals surface area contributed by atoms with Gasteiger partial charge in [0.05, 0.1) is 5.52 Å². The van der Waals surface area contributed by atoms with Crippen LogP contribution in [0.25, 0.3) is 10.9 Å². The summed E-state index contributed by atoms with van der Waals surface area (Å²) in [5.41, 5.74) is 4.05. The number of para-hydroxylation sites is 1. The molecule has 0 aliphatic carbocycles. The van der Waals surface area contributed by atoms with Crippen molar-refractivity contribution in [2.75, 3.05) is 0 Å². The van der Waals surface area contributed by atoms with Crippen molar-refractivity contribution in [2.24, 2.45) is 0 Å². The van der Waals surface area contributed by atoms with Gasteiger partial charge in [-0.25, -0.2) is 0 Å². The lowest BCUT2D eigenvalue weighted by Gasteiger charge is -2.04. The number of hydrogen-bond donors (Lipinski definition) is 0. The Hall–Kier alpha value is -2.48. The highest BCUT2D eigenvalue weighted by molar-refractivity contribution is 5.84. The van der Waals surface area contributed by atoms with Gasteiger partial charge in [0.25, 0.3) is 0 Å². The first-order valence-electron chi connectivity index (χ1n) is 7.12. The van der Waals surface area contributed by atoms with Gasteiger partial charge in [-0.05, 0) is 24.6 Å². The Morgan fingerprint density at radius 3 is 2.48 bits per heavy atom. The van der Waals surface area contributed by atoms with Gasteiger partial charge in [-0.15, -0.1) is 0 Å². The maximum absolute atomic E-state index is 12.2. The Kier molecular flexibility index (Phi) is 3.78. The number of carbonyl (C=O) groups is 1. The van der Waals surface area contributed by atoms with Gasteiger partial charge in [0.2, 0.25) is 0 Å². The molecule has 3 aromatic rings. The van der Waals surface area contributed by atoms with E-state index in [2.05, 4.69) is 4.98 Å². The molecule has 2 nitrogen and oxygen atoms in total. The number of nitrogens with zero attached hydrogens (tertiary/aromatic N) is 1. The molecular weight excluding hydrogens is 258 g/mol. The van der Waals surface area contributed by atoms with E-state index in [0.29, 0.717) is 12.8 Å². The number of ketones is 1. The topological polar surface area (TPSA) is 30.0 Å². The van der Waals surface area contributed by atoms with E-state index in [9.17, 15) is 4.79 Å². The Bertz CT molecular complexity index is 775. The van der Waals surface area contributed by atoms with Crippen LogP contribution in [-0.2, 0) is 17.6 Å². The van der Waals surface area contributed by atoms with Crippen molar-refractivity contribution >= 4 is 16.7 Å². The highest BCUT2D eigenvalue weighted by atomic mass is 16.1. The molecule has 21 heavy (non-hydrogen) atoms. The van der Waals surface area contributed by atoms with Crippen LogP contribution >= 0.6 is 0 Å². The second-order valence-electron chi connectivity index (χ2n) is 5.37. The van der Waals surface area contributed by atoms with Crippen molar-refractivity contribution in [3.05, 3.63) is 77.5 Å². The first-order valence-corrected chi connectivity index (χ1v) is 7.12. The Labute approximate surface area is 124 Å². The predicted molar refractivity (Wildman–Crippen MR) is 85.3 cm³/mol. The van der Waals surface area contributed by atoms with Gasteiger partial charge in [-0.2, -0.15) is 0 Å². The van der Waals surface area contributed by atoms with Gasteiger partial charge in [-0.1, -0.05) is 54.1 Å². The van der Waals surface area contributed by atoms with Crippen LogP contribution in [0.15, 0.2) is 60.7 Å². The zero-order valence-corrected chi connectivity index (χ0v) is 12.0. The van der Waals surface area contributed by atoms with Crippen LogP contribution < -0.4 is 0 Å². The van der Waals surface area contributed by atoms with E-state index < -0.39 is 0 Å². The molecule has 3 rings (SSSR count). The number of carbonyl (C=O) groups excluding carboxylic acids is 1. The summed E-state index contributed by atoms with van der Waals surface area (Å²) in [6.07, 6.45) is 0.855. The Morgan fingerprint density at radius 1 is 0.905 bits per heavy atom. The molecule has 0 bridgehead atoms. The number of pyridine rings is 1. The van der Waals surface area contributed by atoms with E-state index in [1.165, 1.54) is 5.56 Å². The van der Waals surface area contributed by atoms with Crippen molar-refractivity contribution in [3.8, 4) is 0 Å². The summed E-state index contributed by atoms with van der Waals surface area (Å²) in [5.74, 6) is 0.196. The van der Waals surface area contributed by atoms with Crippen molar-refractivity contribution in [1.29, 1.82) is 0 Å². The quantitative estimate of drug-likeness (QED) is 0.723. The van der Waals surface area contributed by atoms with E-state index in [1.807, 2.05) is 67.6 Å². The predicted octanol–water partition coefficient (Wildman–Crippen LogP) is 3.90. The summed E-state index contributed by atoms with van der Waals surface area (Å²) in [7, 11) is 0. The second kappa shape index (κ2) is 5.88. The molecule has 0 amide bonds. The van der Waals surface area contributed by atoms with E-state index >= 15 is 0 Å². The molecule has 0 N–H and O–H groups in total. The van der Waals surface area contributed by atoms with Gasteiger partial charge in [0.15, 0.2) is 0 Å². The molecular formula is C19H17NO. The standard InChI is InChI=1S/C19H17NO/c1-14-6-8-15(9-7-14)12-18(21)13-17-11-10-16-4-2-3-5-19(16)20-17/h2-11H,12-13H2,1H3. The van der Waals surface area contributed by atoms with Gasteiger partial charge in [0, 0.05) is 23.9 Å². The molecule has 0 unspecified atom stereocenters. The number of benzene rings is 2. The summed E-state index contributed by atoms with van der Waals surface area (Å²) >= 11 is 0. The molecule has 104 valence electrons. The fraction of sp³-hybridized carbons (Fsp3) is 0.158. The third kappa shape index (κ3) is 3.34. The monoisotopic (exact) mass is 275 g/mol. The van der Waals surface area contributed by atoms with Crippen LogP contribution in [0.3, 0.4) is 0 Å². The molecule has 0 atom stereocenters. The maximum Gasteiger partial charge on any atom is 0.143 e. The summed E-state index contributed by atoms with van der Waals surface area (Å²) in [4.78, 5) is 16.7. The molecule has 1 aromatic heterocycles. The molecule has 0 fully saturated rings. The average Bonchev–Trinajstić information content (AvgIpc) is 2.49. The van der Waals surface area contributed by atoms with Gasteiger partial charge >= 0.3 is 0 Å². The molecule has 0 aliphatic heterocycles. The number of Topliss-reactive ketones (excluding diaryl/α,β-unsaturated/α-hetero) is 1. The second-order valence-corrected chi connectivity index (χ2v) is 5.37. The maximum atomic E-state index is 12.2. The molecule has 0 radical (unpaired) electrons. The lowest BCUT2D eigenvalue weighted by Crippen LogP contribution is -2.07. The number of rotatable bonds is 4. The highest BCUT2D eigenvalue weighted by Gasteiger charge is 2.07. The molecule has 0 saturated carbocycles. The van der Waals surface area contributed by atoms with E-state index in [0.717, 1.165) is 22.2 Å². The SMILES string of the molecule is Cc1ccc(CC(=O)Cc2ccc3ccccc3n2)cc1. The fourth-order valence-corrected chi connectivity index (χ4v) is 2.40. The zero-order valence-electron chi connectivity index (χ0n) is 12.0. The fourth-order valence-electron chi connectivity index (χ4n) is 2.40. The third-order valence-corrected chi connectivity index (χ3v) is 3.56. The van der Waals surface area contributed by atoms with Gasteiger partial charge in [-0.3, -0.25) is 9.78 Å². The van der Waals surface area contributed by atoms with Gasteiger partial charge < -0.3 is 0 Å². The van der Waals surface area contributed by atoms with Crippen LogP contribution in [0, 0.1) is 6.92 Å². The zero-order chi connectivity index (χ0) is 14.7. The summed E-state index contributed by atoms with van der Waals surface area (Å²) < 4.78 is 0. The van der Waals surface area contributed by atoms with Crippen LogP contribution in [-0.4, -0.2) is 10.8 Å². The Morgan fingerprint density at radius 2 is 1.67 bits per heavy atom. The van der Waals surface area contributed by atoms with Gasteiger partial charge in [0.1, 0.15) is 5.78 Å². The third-order valence-electron chi connectivity index (χ3n) is 3.56. The average molecular weight is 275 g/mol. The first kappa shape index (κ1) is 13.5. The number of aromatic nitrogens is 1. The lowest BCUT2D eigenvalue weighted by molar-refractivity contribution is -0.117. The normalized spacial score (nSPS) is 10.7. The Balaban J connectivity index is 1.72. The minimum Gasteiger partial charge on any atom is -0.299 e. The molecule has 2 aromatic carbocycles. The molecule has 2 heteroatoms. The van der Waals surface area contributed by atoms with E-state index in [1.54, 1.807) is 0 Å². The molecule has 0 saturated heterocycles. The molecule has 0 spiro atoms. The largest absolute Gasteiger partial charge is 0.299 e. The van der Waals surface area contributed by atoms with Crippen molar-refractivity contribution < 1.29 is 4.79 Å². The van der Waals surface area contributed by atoms with Crippen molar-refractivity contribution in [3.63, 3.8) is 0 Å². The number of fused-ring (bicyclic) bond motifs is 1. The lowest BCUT2D eigenvalue weighted by atomic mass is 10.0. The molecule has 1 heterocycles. The number of hydrogen-bond acceptors (Lipinski definition) is 2. The summed E-state index contributed by atoms with van der Waals surface area (Å²) in [6, 6.07) is 20.0. The van der Waals surface area contributed by atoms with Crippen LogP contribution in [0.1, 0.15) is 16.8 Å². The van der Waals surface area contributed by atoms with E-state index in [-0.39, 0.29) is 5.78 Å². The summed E-state index contributed by atoms with van der Waals surface area (Å²) in [5, 5.41) is 1.10. The van der Waals surface area contributed by atoms with Crippen LogP contribution in [0.2, 0.25) is 0 Å². The summed E-state index contributed by atoms with van der Waals surface area (Å²) in [6.45, 7) is 2.05. The first-order chi connectivity index (χ1) is 10.2. The highest BCUT2D eigenvalue weighted by Crippen LogP contribution is 2.13. The van der Waals surface area contributed by atoms with Crippen LogP contribution in [0.4, 0.5) is 0 Å². The molecule has 0 aliphatic rings. The van der Waals surface area contributed by atoms with Crippen molar-refractivity contribution in [1.82, 2.24) is 4.98 Å². The van der Waals surface area contributed by atoms with Crippen LogP contribution in [0.5, 0.6) is 0 Å². The smallest absolute Gasteiger partial charge is 0.143 e. The minimum atomic E-state index is 0.196.